The van der Waals surface area contributed by atoms with Crippen LogP contribution in [0, 0.1) is 13.8 Å². The van der Waals surface area contributed by atoms with Crippen LogP contribution in [0.15, 0.2) is 0 Å². The number of aromatic nitrogens is 1. The number of aryl methyl sites for hydroxylation is 1. The average molecular weight is 264 g/mol. The van der Waals surface area contributed by atoms with Gasteiger partial charge in [-0.2, -0.15) is 0 Å². The normalized spacial score (nSPS) is 14.5. The highest BCUT2D eigenvalue weighted by atomic mass is 16.4. The molecule has 0 unspecified atom stereocenters. The topological polar surface area (TPSA) is 73.4 Å². The number of carbonyl (C=O) groups excluding carboxylic acids is 1. The number of amides is 1. The van der Waals surface area contributed by atoms with Crippen molar-refractivity contribution in [1.29, 1.82) is 0 Å². The van der Waals surface area contributed by atoms with Crippen LogP contribution in [0.4, 0.5) is 0 Å². The lowest BCUT2D eigenvalue weighted by Gasteiger charge is -2.22. The van der Waals surface area contributed by atoms with Crippen LogP contribution in [0.25, 0.3) is 0 Å². The number of nitrogens with zero attached hydrogens (tertiary/aromatic N) is 1. The fourth-order valence-electron chi connectivity index (χ4n) is 2.51. The van der Waals surface area contributed by atoms with Gasteiger partial charge >= 0.3 is 5.97 Å². The highest BCUT2D eigenvalue weighted by molar-refractivity contribution is 6.01. The van der Waals surface area contributed by atoms with Gasteiger partial charge < -0.3 is 15.0 Å². The van der Waals surface area contributed by atoms with Crippen LogP contribution in [0.3, 0.4) is 0 Å². The lowest BCUT2D eigenvalue weighted by molar-refractivity contribution is 0.0690. The van der Waals surface area contributed by atoms with Gasteiger partial charge in [0.05, 0.1) is 5.56 Å². The second kappa shape index (κ2) is 5.07. The minimum absolute atomic E-state index is 0.0388. The fraction of sp³-hybridized carbons (Fsp3) is 0.571. The molecule has 1 fully saturated rings. The molecule has 19 heavy (non-hydrogen) atoms. The molecule has 104 valence electrons. The number of hydrogen-bond donors (Lipinski definition) is 2. The van der Waals surface area contributed by atoms with E-state index in [1.807, 2.05) is 11.8 Å². The molecular formula is C14H20N2O3. The largest absolute Gasteiger partial charge is 0.477 e. The predicted molar refractivity (Wildman–Crippen MR) is 71.6 cm³/mol. The van der Waals surface area contributed by atoms with Crippen molar-refractivity contribution in [2.75, 3.05) is 6.54 Å². The zero-order valence-corrected chi connectivity index (χ0v) is 11.6. The molecule has 1 amide bonds. The van der Waals surface area contributed by atoms with E-state index >= 15 is 0 Å². The van der Waals surface area contributed by atoms with Gasteiger partial charge in [-0.25, -0.2) is 4.79 Å². The lowest BCUT2D eigenvalue weighted by atomic mass is 10.1. The number of nitrogens with one attached hydrogen (secondary N) is 1. The van der Waals surface area contributed by atoms with Crippen LogP contribution >= 0.6 is 0 Å². The summed E-state index contributed by atoms with van der Waals surface area (Å²) in [5, 5.41) is 9.09. The number of hydrogen-bond acceptors (Lipinski definition) is 2. The van der Waals surface area contributed by atoms with Gasteiger partial charge in [-0.1, -0.05) is 6.92 Å². The van der Waals surface area contributed by atoms with E-state index in [0.29, 0.717) is 22.9 Å². The Morgan fingerprint density at radius 2 is 2.00 bits per heavy atom. The van der Waals surface area contributed by atoms with Gasteiger partial charge in [-0.15, -0.1) is 0 Å². The van der Waals surface area contributed by atoms with Crippen LogP contribution in [-0.4, -0.2) is 39.5 Å². The summed E-state index contributed by atoms with van der Waals surface area (Å²) in [5.74, 6) is -1.06. The molecule has 0 saturated heterocycles. The summed E-state index contributed by atoms with van der Waals surface area (Å²) in [4.78, 5) is 28.4. The van der Waals surface area contributed by atoms with Crippen LogP contribution in [-0.2, 0) is 0 Å². The van der Waals surface area contributed by atoms with Crippen molar-refractivity contribution in [3.8, 4) is 0 Å². The van der Waals surface area contributed by atoms with Crippen LogP contribution in [0.1, 0.15) is 58.3 Å². The molecule has 1 saturated carbocycles. The number of carboxylic acids is 1. The van der Waals surface area contributed by atoms with Crippen molar-refractivity contribution in [3.05, 3.63) is 22.5 Å². The van der Waals surface area contributed by atoms with Crippen LogP contribution in [0.2, 0.25) is 0 Å². The Balaban J connectivity index is 2.34. The Bertz CT molecular complexity index is 515. The molecular weight excluding hydrogens is 244 g/mol. The van der Waals surface area contributed by atoms with Crippen LogP contribution < -0.4 is 0 Å². The molecule has 0 spiro atoms. The summed E-state index contributed by atoms with van der Waals surface area (Å²) in [6, 6.07) is 0.342. The minimum atomic E-state index is -1.02. The average Bonchev–Trinajstić information content (AvgIpc) is 3.12. The summed E-state index contributed by atoms with van der Waals surface area (Å²) in [7, 11) is 0. The van der Waals surface area contributed by atoms with Gasteiger partial charge in [-0.05, 0) is 38.7 Å². The van der Waals surface area contributed by atoms with Gasteiger partial charge in [0, 0.05) is 18.3 Å². The Morgan fingerprint density at radius 3 is 2.42 bits per heavy atom. The third kappa shape index (κ3) is 2.50. The summed E-state index contributed by atoms with van der Waals surface area (Å²) in [5.41, 5.74) is 1.82. The molecule has 1 aliphatic rings. The Kier molecular flexibility index (Phi) is 3.64. The predicted octanol–water partition coefficient (Wildman–Crippen LogP) is 2.34. The number of carboxylic acid groups (broad SMARTS) is 1. The number of aromatic amines is 1. The molecule has 5 nitrogen and oxygen atoms in total. The molecule has 0 aliphatic heterocycles. The molecule has 1 aliphatic carbocycles. The summed E-state index contributed by atoms with van der Waals surface area (Å²) < 4.78 is 0. The first-order valence-electron chi connectivity index (χ1n) is 6.70. The van der Waals surface area contributed by atoms with Gasteiger partial charge in [0.25, 0.3) is 5.91 Å². The molecule has 1 aromatic heterocycles. The molecule has 1 aromatic rings. The van der Waals surface area contributed by atoms with E-state index in [1.54, 1.807) is 13.8 Å². The first-order chi connectivity index (χ1) is 8.97. The molecule has 2 rings (SSSR count). The van der Waals surface area contributed by atoms with E-state index < -0.39 is 5.97 Å². The van der Waals surface area contributed by atoms with Gasteiger partial charge in [0.2, 0.25) is 0 Å². The highest BCUT2D eigenvalue weighted by Crippen LogP contribution is 2.30. The first-order valence-corrected chi connectivity index (χ1v) is 6.70. The van der Waals surface area contributed by atoms with Gasteiger partial charge in [-0.3, -0.25) is 4.79 Å². The summed E-state index contributed by atoms with van der Waals surface area (Å²) in [6.45, 7) is 6.22. The molecule has 5 heteroatoms. The monoisotopic (exact) mass is 264 g/mol. The maximum atomic E-state index is 12.6. The zero-order chi connectivity index (χ0) is 14.2. The van der Waals surface area contributed by atoms with Crippen molar-refractivity contribution in [2.24, 2.45) is 0 Å². The smallest absolute Gasteiger partial charge is 0.352 e. The SMILES string of the molecule is CCCN(C(=O)c1c(C)[nH]c(C(=O)O)c1C)C1CC1. The van der Waals surface area contributed by atoms with Crippen molar-refractivity contribution >= 4 is 11.9 Å². The van der Waals surface area contributed by atoms with E-state index in [1.165, 1.54) is 0 Å². The highest BCUT2D eigenvalue weighted by Gasteiger charge is 2.34. The summed E-state index contributed by atoms with van der Waals surface area (Å²) in [6.07, 6.45) is 3.02. The van der Waals surface area contributed by atoms with E-state index in [-0.39, 0.29) is 11.6 Å². The third-order valence-corrected chi connectivity index (χ3v) is 3.58. The lowest BCUT2D eigenvalue weighted by Crippen LogP contribution is -2.34. The van der Waals surface area contributed by atoms with Crippen LogP contribution in [0.5, 0.6) is 0 Å². The number of aromatic carboxylic acids is 1. The Hall–Kier alpha value is -1.78. The molecule has 0 atom stereocenters. The maximum absolute atomic E-state index is 12.6. The van der Waals surface area contributed by atoms with Crippen molar-refractivity contribution < 1.29 is 14.7 Å². The van der Waals surface area contributed by atoms with Gasteiger partial charge in [0.15, 0.2) is 0 Å². The fourth-order valence-corrected chi connectivity index (χ4v) is 2.51. The molecule has 0 radical (unpaired) electrons. The Labute approximate surface area is 112 Å². The van der Waals surface area contributed by atoms with E-state index in [0.717, 1.165) is 25.8 Å². The number of H-pyrrole nitrogens is 1. The second-order valence-electron chi connectivity index (χ2n) is 5.16. The Morgan fingerprint density at radius 1 is 1.37 bits per heavy atom. The van der Waals surface area contributed by atoms with E-state index in [9.17, 15) is 9.59 Å². The molecule has 1 heterocycles. The molecule has 2 N–H and O–H groups in total. The number of carbonyl (C=O) groups is 2. The summed E-state index contributed by atoms with van der Waals surface area (Å²) >= 11 is 0. The third-order valence-electron chi connectivity index (χ3n) is 3.58. The standard InChI is InChI=1S/C14H20N2O3/c1-4-7-16(10-5-6-10)13(17)11-8(2)12(14(18)19)15-9(11)3/h10,15H,4-7H2,1-3H3,(H,18,19). The van der Waals surface area contributed by atoms with E-state index in [2.05, 4.69) is 4.98 Å². The van der Waals surface area contributed by atoms with Crippen molar-refractivity contribution in [2.45, 2.75) is 46.1 Å². The maximum Gasteiger partial charge on any atom is 0.352 e. The van der Waals surface area contributed by atoms with Gasteiger partial charge in [0.1, 0.15) is 5.69 Å². The first kappa shape index (κ1) is 13.6. The molecule has 0 bridgehead atoms. The zero-order valence-electron chi connectivity index (χ0n) is 11.6. The minimum Gasteiger partial charge on any atom is -0.477 e. The quantitative estimate of drug-likeness (QED) is 0.857. The molecule has 0 aromatic carbocycles. The number of rotatable bonds is 5. The second-order valence-corrected chi connectivity index (χ2v) is 5.16. The van der Waals surface area contributed by atoms with Crippen molar-refractivity contribution in [3.63, 3.8) is 0 Å². The van der Waals surface area contributed by atoms with Crippen molar-refractivity contribution in [1.82, 2.24) is 9.88 Å². The van der Waals surface area contributed by atoms with E-state index in [4.69, 9.17) is 5.11 Å².